The molecule has 3 fully saturated rings. The first kappa shape index (κ1) is 18.9. The fourth-order valence-electron chi connectivity index (χ4n) is 4.96. The van der Waals surface area contributed by atoms with Gasteiger partial charge in [-0.05, 0) is 57.8 Å². The van der Waals surface area contributed by atoms with Crippen LogP contribution in [0.25, 0.3) is 0 Å². The van der Waals surface area contributed by atoms with E-state index < -0.39 is 0 Å². The Kier molecular flexibility index (Phi) is 4.92. The maximum atomic E-state index is 4.85. The number of piperidine rings is 3. The summed E-state index contributed by atoms with van der Waals surface area (Å²) in [5, 5.41) is 0. The summed E-state index contributed by atoms with van der Waals surface area (Å²) in [4.78, 5) is 37.7. The van der Waals surface area contributed by atoms with E-state index in [0.29, 0.717) is 17.9 Å². The summed E-state index contributed by atoms with van der Waals surface area (Å²) in [6.07, 6.45) is 10.9. The lowest BCUT2D eigenvalue weighted by atomic mass is 10.1. The number of aliphatic imine (C=N–C) groups is 6. The molecule has 10 heteroatoms. The standard InChI is InChI=1S/C21H30N10/c1-4-10-28(11-5-1)16-22-19-24-17(29-12-6-2-7-13-29)26-21-27-18(25-20(23-16)31(19)21)30-14-8-3-9-15-30/h1-15H2. The van der Waals surface area contributed by atoms with Gasteiger partial charge in [-0.25, -0.2) is 4.90 Å². The molecule has 0 N–H and O–H groups in total. The van der Waals surface area contributed by atoms with Crippen molar-refractivity contribution in [1.29, 1.82) is 0 Å². The molecule has 164 valence electrons. The Morgan fingerprint density at radius 3 is 0.871 bits per heavy atom. The minimum Gasteiger partial charge on any atom is -0.341 e. The molecule has 0 unspecified atom stereocenters. The lowest BCUT2D eigenvalue weighted by molar-refractivity contribution is 0.335. The summed E-state index contributed by atoms with van der Waals surface area (Å²) < 4.78 is 0. The Balaban J connectivity index is 1.40. The van der Waals surface area contributed by atoms with Crippen LogP contribution in [0.1, 0.15) is 57.8 Å². The number of rotatable bonds is 0. The molecule has 0 spiro atoms. The van der Waals surface area contributed by atoms with Crippen LogP contribution in [0.15, 0.2) is 30.0 Å². The van der Waals surface area contributed by atoms with Crippen LogP contribution in [0.3, 0.4) is 0 Å². The van der Waals surface area contributed by atoms with Gasteiger partial charge in [-0.15, -0.1) is 0 Å². The molecule has 31 heavy (non-hydrogen) atoms. The van der Waals surface area contributed by atoms with Crippen molar-refractivity contribution in [2.75, 3.05) is 39.3 Å². The van der Waals surface area contributed by atoms with Gasteiger partial charge < -0.3 is 14.7 Å². The molecule has 6 aliphatic heterocycles. The topological polar surface area (TPSA) is 87.1 Å². The summed E-state index contributed by atoms with van der Waals surface area (Å²) in [5.41, 5.74) is 0. The molecule has 0 aromatic heterocycles. The third-order valence-corrected chi connectivity index (χ3v) is 6.72. The predicted octanol–water partition coefficient (Wildman–Crippen LogP) is 1.92. The first-order chi connectivity index (χ1) is 15.3. The Bertz CT molecular complexity index is 790. The number of hydrogen-bond acceptors (Lipinski definition) is 10. The van der Waals surface area contributed by atoms with Crippen molar-refractivity contribution >= 4 is 35.8 Å². The maximum Gasteiger partial charge on any atom is 0.246 e. The van der Waals surface area contributed by atoms with Gasteiger partial charge in [0.15, 0.2) is 0 Å². The fourth-order valence-corrected chi connectivity index (χ4v) is 4.96. The van der Waals surface area contributed by atoms with Gasteiger partial charge in [-0.1, -0.05) is 0 Å². The van der Waals surface area contributed by atoms with Crippen molar-refractivity contribution in [2.24, 2.45) is 30.0 Å². The summed E-state index contributed by atoms with van der Waals surface area (Å²) in [6, 6.07) is 0. The molecule has 0 aliphatic carbocycles. The molecule has 0 radical (unpaired) electrons. The lowest BCUT2D eigenvalue weighted by Gasteiger charge is -2.37. The van der Waals surface area contributed by atoms with Crippen LogP contribution in [0.2, 0.25) is 0 Å². The zero-order valence-electron chi connectivity index (χ0n) is 18.1. The number of hydrogen-bond donors (Lipinski definition) is 0. The number of nitrogens with zero attached hydrogens (tertiary/aromatic N) is 10. The summed E-state index contributed by atoms with van der Waals surface area (Å²) in [7, 11) is 0. The van der Waals surface area contributed by atoms with Crippen LogP contribution in [0.4, 0.5) is 0 Å². The zero-order chi connectivity index (χ0) is 20.6. The minimum absolute atomic E-state index is 0.598. The monoisotopic (exact) mass is 422 g/mol. The molecule has 0 aromatic carbocycles. The van der Waals surface area contributed by atoms with Crippen molar-refractivity contribution in [2.45, 2.75) is 57.8 Å². The highest BCUT2D eigenvalue weighted by atomic mass is 15.6. The molecule has 3 saturated heterocycles. The molecule has 6 rings (SSSR count). The fraction of sp³-hybridized carbons (Fsp3) is 0.714. The highest BCUT2D eigenvalue weighted by molar-refractivity contribution is 6.30. The second-order valence-corrected chi connectivity index (χ2v) is 8.95. The smallest absolute Gasteiger partial charge is 0.246 e. The average molecular weight is 423 g/mol. The van der Waals surface area contributed by atoms with E-state index in [1.54, 1.807) is 0 Å². The first-order valence-corrected chi connectivity index (χ1v) is 11.9. The van der Waals surface area contributed by atoms with Crippen molar-refractivity contribution in [3.05, 3.63) is 0 Å². The molecular formula is C21H30N10. The third-order valence-electron chi connectivity index (χ3n) is 6.72. The highest BCUT2D eigenvalue weighted by Gasteiger charge is 2.38. The van der Waals surface area contributed by atoms with Crippen molar-refractivity contribution in [3.63, 3.8) is 0 Å². The number of guanidine groups is 6. The summed E-state index contributed by atoms with van der Waals surface area (Å²) in [5.74, 6) is 3.98. The van der Waals surface area contributed by atoms with E-state index in [1.165, 1.54) is 57.8 Å². The van der Waals surface area contributed by atoms with Gasteiger partial charge in [-0.3, -0.25) is 0 Å². The van der Waals surface area contributed by atoms with Crippen LogP contribution in [-0.4, -0.2) is 94.6 Å². The van der Waals surface area contributed by atoms with Gasteiger partial charge in [-0.2, -0.15) is 30.0 Å². The lowest BCUT2D eigenvalue weighted by Crippen LogP contribution is -2.53. The molecule has 0 bridgehead atoms. The van der Waals surface area contributed by atoms with Crippen LogP contribution in [-0.2, 0) is 0 Å². The SMILES string of the molecule is C1CCN(C2=NC3=NC(N4CCCCC4)=NC4=NC(N5CCCCC5)=NC(=N2)N34)CC1. The van der Waals surface area contributed by atoms with E-state index in [0.717, 1.165) is 57.1 Å². The minimum atomic E-state index is 0.598. The zero-order valence-corrected chi connectivity index (χ0v) is 18.1. The van der Waals surface area contributed by atoms with Gasteiger partial charge in [0.25, 0.3) is 0 Å². The second kappa shape index (κ2) is 8.05. The molecule has 6 aliphatic rings. The van der Waals surface area contributed by atoms with E-state index in [4.69, 9.17) is 30.0 Å². The second-order valence-electron chi connectivity index (χ2n) is 8.95. The van der Waals surface area contributed by atoms with Crippen LogP contribution < -0.4 is 0 Å². The van der Waals surface area contributed by atoms with Crippen LogP contribution in [0, 0.1) is 0 Å². The van der Waals surface area contributed by atoms with E-state index in [1.807, 2.05) is 4.90 Å². The van der Waals surface area contributed by atoms with E-state index in [9.17, 15) is 0 Å². The number of likely N-dealkylation sites (tertiary alicyclic amines) is 3. The molecule has 0 amide bonds. The van der Waals surface area contributed by atoms with E-state index in [-0.39, 0.29) is 0 Å². The predicted molar refractivity (Wildman–Crippen MR) is 123 cm³/mol. The van der Waals surface area contributed by atoms with Gasteiger partial charge in [0.05, 0.1) is 0 Å². The van der Waals surface area contributed by atoms with Gasteiger partial charge >= 0.3 is 0 Å². The van der Waals surface area contributed by atoms with Gasteiger partial charge in [0.1, 0.15) is 0 Å². The Hall–Kier alpha value is -2.78. The van der Waals surface area contributed by atoms with Crippen molar-refractivity contribution < 1.29 is 0 Å². The van der Waals surface area contributed by atoms with E-state index >= 15 is 0 Å². The van der Waals surface area contributed by atoms with Crippen LogP contribution in [0.5, 0.6) is 0 Å². The maximum absolute atomic E-state index is 4.85. The Morgan fingerprint density at radius 1 is 0.323 bits per heavy atom. The normalized spacial score (nSPS) is 26.3. The molecule has 0 saturated carbocycles. The summed E-state index contributed by atoms with van der Waals surface area (Å²) in [6.45, 7) is 5.91. The average Bonchev–Trinajstić information content (AvgIpc) is 2.85. The van der Waals surface area contributed by atoms with Crippen molar-refractivity contribution in [1.82, 2.24) is 19.6 Å². The Labute approximate surface area is 182 Å². The van der Waals surface area contributed by atoms with Gasteiger partial charge in [0.2, 0.25) is 35.8 Å². The molecular weight excluding hydrogens is 392 g/mol. The first-order valence-electron chi connectivity index (χ1n) is 11.9. The molecule has 0 aromatic rings. The van der Waals surface area contributed by atoms with Gasteiger partial charge in [0, 0.05) is 39.3 Å². The third kappa shape index (κ3) is 3.61. The van der Waals surface area contributed by atoms with Crippen LogP contribution >= 0.6 is 0 Å². The largest absolute Gasteiger partial charge is 0.341 e. The van der Waals surface area contributed by atoms with E-state index in [2.05, 4.69) is 14.7 Å². The molecule has 0 atom stereocenters. The Morgan fingerprint density at radius 2 is 0.581 bits per heavy atom. The highest BCUT2D eigenvalue weighted by Crippen LogP contribution is 2.23. The van der Waals surface area contributed by atoms with Crippen molar-refractivity contribution in [3.8, 4) is 0 Å². The molecule has 10 nitrogen and oxygen atoms in total. The summed E-state index contributed by atoms with van der Waals surface area (Å²) >= 11 is 0. The molecule has 6 heterocycles. The quantitative estimate of drug-likeness (QED) is 0.597.